The van der Waals surface area contributed by atoms with Crippen molar-refractivity contribution in [3.63, 3.8) is 0 Å². The topological polar surface area (TPSA) is 23.5 Å². The van der Waals surface area contributed by atoms with Crippen molar-refractivity contribution in [1.82, 2.24) is 4.90 Å². The number of likely N-dealkylation sites (N-methyl/N-ethyl adjacent to an activating group) is 1. The lowest BCUT2D eigenvalue weighted by atomic mass is 10.2. The highest BCUT2D eigenvalue weighted by molar-refractivity contribution is 6.17. The van der Waals surface area contributed by atoms with Gasteiger partial charge < -0.3 is 10.0 Å². The van der Waals surface area contributed by atoms with Gasteiger partial charge in [-0.2, -0.15) is 0 Å². The van der Waals surface area contributed by atoms with Crippen LogP contribution in [0.3, 0.4) is 0 Å². The standard InChI is InChI=1S/C9H20ClNO/c1-2-11(8-9-12)7-5-3-4-6-10/h12H,2-9H2,1H3. The molecule has 0 bridgehead atoms. The number of aliphatic hydroxyl groups is 1. The van der Waals surface area contributed by atoms with Gasteiger partial charge in [0.2, 0.25) is 0 Å². The van der Waals surface area contributed by atoms with E-state index in [0.29, 0.717) is 0 Å². The molecule has 0 aromatic heterocycles. The van der Waals surface area contributed by atoms with E-state index in [4.69, 9.17) is 16.7 Å². The molecule has 3 heteroatoms. The number of hydrogen-bond donors (Lipinski definition) is 1. The summed E-state index contributed by atoms with van der Waals surface area (Å²) in [5, 5.41) is 8.71. The molecule has 0 radical (unpaired) electrons. The molecular formula is C9H20ClNO. The molecule has 0 fully saturated rings. The number of nitrogens with zero attached hydrogens (tertiary/aromatic N) is 1. The molecular weight excluding hydrogens is 174 g/mol. The molecule has 0 unspecified atom stereocenters. The summed E-state index contributed by atoms with van der Waals surface area (Å²) in [6.07, 6.45) is 3.50. The van der Waals surface area contributed by atoms with Gasteiger partial charge in [0, 0.05) is 12.4 Å². The monoisotopic (exact) mass is 193 g/mol. The Morgan fingerprint density at radius 1 is 1.17 bits per heavy atom. The van der Waals surface area contributed by atoms with Gasteiger partial charge in [0.25, 0.3) is 0 Å². The van der Waals surface area contributed by atoms with Gasteiger partial charge in [0.15, 0.2) is 0 Å². The number of hydrogen-bond acceptors (Lipinski definition) is 2. The second-order valence-electron chi connectivity index (χ2n) is 2.91. The number of aliphatic hydroxyl groups excluding tert-OH is 1. The van der Waals surface area contributed by atoms with Crippen LogP contribution in [0.25, 0.3) is 0 Å². The van der Waals surface area contributed by atoms with Gasteiger partial charge in [0.05, 0.1) is 6.61 Å². The Morgan fingerprint density at radius 3 is 2.42 bits per heavy atom. The molecule has 0 saturated carbocycles. The van der Waals surface area contributed by atoms with E-state index in [1.807, 2.05) is 0 Å². The zero-order chi connectivity index (χ0) is 9.23. The fraction of sp³-hybridized carbons (Fsp3) is 1.00. The van der Waals surface area contributed by atoms with Crippen molar-refractivity contribution < 1.29 is 5.11 Å². The van der Waals surface area contributed by atoms with Crippen LogP contribution in [0.5, 0.6) is 0 Å². The van der Waals surface area contributed by atoms with E-state index in [0.717, 1.165) is 31.9 Å². The fourth-order valence-corrected chi connectivity index (χ4v) is 1.37. The van der Waals surface area contributed by atoms with Crippen LogP contribution >= 0.6 is 11.6 Å². The van der Waals surface area contributed by atoms with Crippen LogP contribution < -0.4 is 0 Å². The highest BCUT2D eigenvalue weighted by Gasteiger charge is 1.99. The molecule has 0 aliphatic carbocycles. The van der Waals surface area contributed by atoms with Crippen molar-refractivity contribution in [2.45, 2.75) is 26.2 Å². The molecule has 0 rings (SSSR count). The van der Waals surface area contributed by atoms with E-state index in [2.05, 4.69) is 11.8 Å². The summed E-state index contributed by atoms with van der Waals surface area (Å²) >= 11 is 5.56. The fourth-order valence-electron chi connectivity index (χ4n) is 1.18. The van der Waals surface area contributed by atoms with Crippen LogP contribution in [-0.2, 0) is 0 Å². The molecule has 0 heterocycles. The maximum absolute atomic E-state index is 8.71. The molecule has 0 aromatic carbocycles. The van der Waals surface area contributed by atoms with Gasteiger partial charge in [0.1, 0.15) is 0 Å². The van der Waals surface area contributed by atoms with Crippen molar-refractivity contribution in [2.24, 2.45) is 0 Å². The van der Waals surface area contributed by atoms with Crippen LogP contribution in [0.4, 0.5) is 0 Å². The zero-order valence-corrected chi connectivity index (χ0v) is 8.69. The molecule has 12 heavy (non-hydrogen) atoms. The minimum absolute atomic E-state index is 0.267. The molecule has 0 saturated heterocycles. The van der Waals surface area contributed by atoms with Crippen molar-refractivity contribution in [2.75, 3.05) is 32.1 Å². The van der Waals surface area contributed by atoms with Crippen molar-refractivity contribution in [1.29, 1.82) is 0 Å². The molecule has 0 aliphatic heterocycles. The largest absolute Gasteiger partial charge is 0.395 e. The predicted molar refractivity (Wildman–Crippen MR) is 53.8 cm³/mol. The van der Waals surface area contributed by atoms with Gasteiger partial charge in [-0.15, -0.1) is 11.6 Å². The van der Waals surface area contributed by atoms with Crippen LogP contribution in [0.1, 0.15) is 26.2 Å². The van der Waals surface area contributed by atoms with Crippen LogP contribution in [0.2, 0.25) is 0 Å². The Hall–Kier alpha value is 0.210. The van der Waals surface area contributed by atoms with E-state index in [1.165, 1.54) is 12.8 Å². The highest BCUT2D eigenvalue weighted by Crippen LogP contribution is 1.99. The van der Waals surface area contributed by atoms with Gasteiger partial charge in [-0.25, -0.2) is 0 Å². The van der Waals surface area contributed by atoms with Crippen LogP contribution in [-0.4, -0.2) is 42.1 Å². The van der Waals surface area contributed by atoms with E-state index in [9.17, 15) is 0 Å². The maximum atomic E-state index is 8.71. The minimum atomic E-state index is 0.267. The smallest absolute Gasteiger partial charge is 0.0558 e. The van der Waals surface area contributed by atoms with Gasteiger partial charge in [-0.05, 0) is 25.9 Å². The molecule has 0 spiro atoms. The number of halogens is 1. The molecule has 1 N–H and O–H groups in total. The summed E-state index contributed by atoms with van der Waals surface area (Å²) in [6.45, 7) is 5.31. The van der Waals surface area contributed by atoms with Crippen LogP contribution in [0, 0.1) is 0 Å². The summed E-state index contributed by atoms with van der Waals surface area (Å²) in [5.41, 5.74) is 0. The van der Waals surface area contributed by atoms with E-state index in [1.54, 1.807) is 0 Å². The van der Waals surface area contributed by atoms with Gasteiger partial charge in [-0.3, -0.25) is 0 Å². The van der Waals surface area contributed by atoms with E-state index in [-0.39, 0.29) is 6.61 Å². The first kappa shape index (κ1) is 12.2. The van der Waals surface area contributed by atoms with Crippen molar-refractivity contribution in [3.05, 3.63) is 0 Å². The molecule has 0 aliphatic rings. The Labute approximate surface area is 80.5 Å². The summed E-state index contributed by atoms with van der Waals surface area (Å²) < 4.78 is 0. The minimum Gasteiger partial charge on any atom is -0.395 e. The lowest BCUT2D eigenvalue weighted by molar-refractivity contribution is 0.199. The SMILES string of the molecule is CCN(CCO)CCCCCCl. The molecule has 0 aromatic rings. The third-order valence-electron chi connectivity index (χ3n) is 1.97. The zero-order valence-electron chi connectivity index (χ0n) is 7.93. The molecule has 0 amide bonds. The third-order valence-corrected chi connectivity index (χ3v) is 2.24. The Bertz CT molecular complexity index is 90.6. The number of unbranched alkanes of at least 4 members (excludes halogenated alkanes) is 2. The van der Waals surface area contributed by atoms with E-state index >= 15 is 0 Å². The van der Waals surface area contributed by atoms with Gasteiger partial charge in [-0.1, -0.05) is 13.3 Å². The average Bonchev–Trinajstić information content (AvgIpc) is 2.10. The first-order valence-corrected chi connectivity index (χ1v) is 5.27. The van der Waals surface area contributed by atoms with E-state index < -0.39 is 0 Å². The first-order valence-electron chi connectivity index (χ1n) is 4.74. The quantitative estimate of drug-likeness (QED) is 0.469. The normalized spacial score (nSPS) is 11.0. The lowest BCUT2D eigenvalue weighted by Crippen LogP contribution is -2.27. The Kier molecular flexibility index (Phi) is 9.46. The Morgan fingerprint density at radius 2 is 1.92 bits per heavy atom. The summed E-state index contributed by atoms with van der Waals surface area (Å²) in [5.74, 6) is 0.770. The second kappa shape index (κ2) is 9.30. The summed E-state index contributed by atoms with van der Waals surface area (Å²) in [4.78, 5) is 2.26. The molecule has 0 atom stereocenters. The number of alkyl halides is 1. The molecule has 74 valence electrons. The predicted octanol–water partition coefficient (Wildman–Crippen LogP) is 1.71. The number of rotatable bonds is 8. The molecule has 2 nitrogen and oxygen atoms in total. The van der Waals surface area contributed by atoms with Crippen LogP contribution in [0.15, 0.2) is 0 Å². The van der Waals surface area contributed by atoms with Crippen molar-refractivity contribution in [3.8, 4) is 0 Å². The lowest BCUT2D eigenvalue weighted by Gasteiger charge is -2.18. The third kappa shape index (κ3) is 6.89. The van der Waals surface area contributed by atoms with Crippen molar-refractivity contribution >= 4 is 11.6 Å². The summed E-state index contributed by atoms with van der Waals surface area (Å²) in [7, 11) is 0. The second-order valence-corrected chi connectivity index (χ2v) is 3.29. The highest BCUT2D eigenvalue weighted by atomic mass is 35.5. The maximum Gasteiger partial charge on any atom is 0.0558 e. The Balaban J connectivity index is 3.19. The van der Waals surface area contributed by atoms with Gasteiger partial charge >= 0.3 is 0 Å². The average molecular weight is 194 g/mol. The first-order chi connectivity index (χ1) is 5.85. The summed E-state index contributed by atoms with van der Waals surface area (Å²) in [6, 6.07) is 0.